The Morgan fingerprint density at radius 2 is 1.92 bits per heavy atom. The number of nitrogens with zero attached hydrogens (tertiary/aromatic N) is 1. The number of aryl methyl sites for hydroxylation is 1. The Bertz CT molecular complexity index is 946. The number of carbonyl (C=O) groups excluding carboxylic acids is 1. The van der Waals surface area contributed by atoms with E-state index in [-0.39, 0.29) is 5.78 Å². The van der Waals surface area contributed by atoms with Crippen molar-refractivity contribution in [1.29, 1.82) is 0 Å². The third-order valence-corrected chi connectivity index (χ3v) is 4.37. The van der Waals surface area contributed by atoms with E-state index < -0.39 is 0 Å². The van der Waals surface area contributed by atoms with Crippen molar-refractivity contribution in [3.8, 4) is 5.75 Å². The third-order valence-electron chi connectivity index (χ3n) is 4.07. The lowest BCUT2D eigenvalue weighted by Crippen LogP contribution is -1.94. The molecule has 0 aliphatic heterocycles. The van der Waals surface area contributed by atoms with E-state index >= 15 is 0 Å². The van der Waals surface area contributed by atoms with Gasteiger partial charge < -0.3 is 4.74 Å². The summed E-state index contributed by atoms with van der Waals surface area (Å²) in [6.07, 6.45) is 4.18. The van der Waals surface area contributed by atoms with Crippen molar-refractivity contribution < 1.29 is 9.53 Å². The minimum atomic E-state index is -0.0615. The van der Waals surface area contributed by atoms with Gasteiger partial charge in [0, 0.05) is 22.6 Å². The van der Waals surface area contributed by atoms with Gasteiger partial charge in [-0.25, -0.2) is 4.98 Å². The summed E-state index contributed by atoms with van der Waals surface area (Å²) in [5.41, 5.74) is 3.32. The van der Waals surface area contributed by atoms with E-state index in [0.29, 0.717) is 16.3 Å². The summed E-state index contributed by atoms with van der Waals surface area (Å²) in [5.74, 6) is 0.665. The van der Waals surface area contributed by atoms with Gasteiger partial charge in [0.2, 0.25) is 0 Å². The predicted octanol–water partition coefficient (Wildman–Crippen LogP) is 5.36. The average Bonchev–Trinajstić information content (AvgIpc) is 2.65. The minimum absolute atomic E-state index is 0.0615. The van der Waals surface area contributed by atoms with E-state index in [1.165, 1.54) is 11.6 Å². The number of ketones is 1. The number of rotatable bonds is 5. The SMILES string of the molecule is CCc1ccc(C(=O)C=Cc2cc3ccc(OC)cc3nc2Cl)cc1. The van der Waals surface area contributed by atoms with Crippen LogP contribution in [0.4, 0.5) is 0 Å². The fourth-order valence-electron chi connectivity index (χ4n) is 2.55. The molecule has 0 bridgehead atoms. The number of hydrogen-bond acceptors (Lipinski definition) is 3. The van der Waals surface area contributed by atoms with Crippen LogP contribution in [0.25, 0.3) is 17.0 Å². The summed E-state index contributed by atoms with van der Waals surface area (Å²) >= 11 is 6.25. The zero-order valence-corrected chi connectivity index (χ0v) is 14.9. The normalized spacial score (nSPS) is 11.2. The molecule has 3 rings (SSSR count). The van der Waals surface area contributed by atoms with Crippen LogP contribution in [0.3, 0.4) is 0 Å². The number of fused-ring (bicyclic) bond motifs is 1. The monoisotopic (exact) mass is 351 g/mol. The molecule has 1 aromatic heterocycles. The van der Waals surface area contributed by atoms with Gasteiger partial charge in [0.05, 0.1) is 12.6 Å². The van der Waals surface area contributed by atoms with Crippen LogP contribution in [0.15, 0.2) is 54.6 Å². The number of hydrogen-bond donors (Lipinski definition) is 0. The number of pyridine rings is 1. The van der Waals surface area contributed by atoms with Crippen LogP contribution in [0.2, 0.25) is 5.15 Å². The molecule has 3 nitrogen and oxygen atoms in total. The number of carbonyl (C=O) groups is 1. The van der Waals surface area contributed by atoms with Crippen molar-refractivity contribution in [3.05, 3.63) is 76.5 Å². The minimum Gasteiger partial charge on any atom is -0.497 e. The molecular formula is C21H18ClNO2. The van der Waals surface area contributed by atoms with Gasteiger partial charge in [-0.2, -0.15) is 0 Å². The zero-order chi connectivity index (χ0) is 17.8. The van der Waals surface area contributed by atoms with Crippen LogP contribution in [0, 0.1) is 0 Å². The van der Waals surface area contributed by atoms with Crippen molar-refractivity contribution >= 4 is 34.4 Å². The second-order valence-corrected chi connectivity index (χ2v) is 6.03. The molecule has 0 amide bonds. The third kappa shape index (κ3) is 3.89. The Labute approximate surface area is 151 Å². The second kappa shape index (κ2) is 7.49. The molecule has 0 saturated heterocycles. The van der Waals surface area contributed by atoms with E-state index in [9.17, 15) is 4.79 Å². The first-order valence-electron chi connectivity index (χ1n) is 8.06. The maximum atomic E-state index is 12.3. The van der Waals surface area contributed by atoms with Crippen LogP contribution >= 0.6 is 11.6 Å². The van der Waals surface area contributed by atoms with Gasteiger partial charge in [-0.3, -0.25) is 4.79 Å². The number of methoxy groups -OCH3 is 1. The van der Waals surface area contributed by atoms with E-state index in [0.717, 1.165) is 23.1 Å². The maximum absolute atomic E-state index is 12.3. The Kier molecular flexibility index (Phi) is 5.15. The number of aromatic nitrogens is 1. The molecule has 3 aromatic rings. The summed E-state index contributed by atoms with van der Waals surface area (Å²) in [6, 6.07) is 15.2. The van der Waals surface area contributed by atoms with Gasteiger partial charge in [-0.05, 0) is 42.3 Å². The molecule has 126 valence electrons. The Balaban J connectivity index is 1.86. The average molecular weight is 352 g/mol. The molecule has 0 aliphatic rings. The van der Waals surface area contributed by atoms with Crippen LogP contribution < -0.4 is 4.74 Å². The van der Waals surface area contributed by atoms with Gasteiger partial charge in [-0.1, -0.05) is 42.8 Å². The molecule has 0 aliphatic carbocycles. The van der Waals surface area contributed by atoms with Crippen molar-refractivity contribution in [3.63, 3.8) is 0 Å². The Morgan fingerprint density at radius 1 is 1.16 bits per heavy atom. The molecule has 0 atom stereocenters. The highest BCUT2D eigenvalue weighted by Gasteiger charge is 2.06. The topological polar surface area (TPSA) is 39.2 Å². The molecule has 0 saturated carbocycles. The van der Waals surface area contributed by atoms with Crippen LogP contribution in [0.1, 0.15) is 28.4 Å². The summed E-state index contributed by atoms with van der Waals surface area (Å²) in [7, 11) is 1.61. The molecule has 0 spiro atoms. The lowest BCUT2D eigenvalue weighted by molar-refractivity contribution is 0.104. The number of halogens is 1. The molecule has 0 N–H and O–H groups in total. The molecular weight excluding hydrogens is 334 g/mol. The van der Waals surface area contributed by atoms with Crippen LogP contribution in [-0.4, -0.2) is 17.9 Å². The highest BCUT2D eigenvalue weighted by Crippen LogP contribution is 2.25. The highest BCUT2D eigenvalue weighted by molar-refractivity contribution is 6.31. The summed E-state index contributed by atoms with van der Waals surface area (Å²) in [5, 5.41) is 1.29. The van der Waals surface area contributed by atoms with Crippen molar-refractivity contribution in [1.82, 2.24) is 4.98 Å². The van der Waals surface area contributed by atoms with Crippen molar-refractivity contribution in [2.24, 2.45) is 0 Å². The number of allylic oxidation sites excluding steroid dienone is 1. The van der Waals surface area contributed by atoms with Gasteiger partial charge in [0.25, 0.3) is 0 Å². The van der Waals surface area contributed by atoms with Gasteiger partial charge in [0.15, 0.2) is 5.78 Å². The number of ether oxygens (including phenoxy) is 1. The van der Waals surface area contributed by atoms with Gasteiger partial charge in [-0.15, -0.1) is 0 Å². The molecule has 2 aromatic carbocycles. The highest BCUT2D eigenvalue weighted by atomic mass is 35.5. The fourth-order valence-corrected chi connectivity index (χ4v) is 2.76. The smallest absolute Gasteiger partial charge is 0.185 e. The van der Waals surface area contributed by atoms with E-state index in [4.69, 9.17) is 16.3 Å². The van der Waals surface area contributed by atoms with E-state index in [2.05, 4.69) is 11.9 Å². The van der Waals surface area contributed by atoms with Crippen LogP contribution in [-0.2, 0) is 6.42 Å². The van der Waals surface area contributed by atoms with E-state index in [1.807, 2.05) is 48.5 Å². The first-order valence-corrected chi connectivity index (χ1v) is 8.44. The molecule has 0 unspecified atom stereocenters. The lowest BCUT2D eigenvalue weighted by atomic mass is 10.1. The van der Waals surface area contributed by atoms with Crippen molar-refractivity contribution in [2.45, 2.75) is 13.3 Å². The first-order chi connectivity index (χ1) is 12.1. The van der Waals surface area contributed by atoms with Gasteiger partial charge in [0.1, 0.15) is 10.9 Å². The first kappa shape index (κ1) is 17.2. The summed E-state index contributed by atoms with van der Waals surface area (Å²) in [4.78, 5) is 16.7. The standard InChI is InChI=1S/C21H18ClNO2/c1-3-14-4-6-15(7-5-14)20(24)11-9-17-12-16-8-10-18(25-2)13-19(16)23-21(17)22/h4-13H,3H2,1-2H3. The van der Waals surface area contributed by atoms with Crippen LogP contribution in [0.5, 0.6) is 5.75 Å². The zero-order valence-electron chi connectivity index (χ0n) is 14.1. The molecule has 0 fully saturated rings. The van der Waals surface area contributed by atoms with Crippen molar-refractivity contribution in [2.75, 3.05) is 7.11 Å². The Hall–Kier alpha value is -2.65. The maximum Gasteiger partial charge on any atom is 0.185 e. The Morgan fingerprint density at radius 3 is 2.60 bits per heavy atom. The second-order valence-electron chi connectivity index (χ2n) is 5.68. The quantitative estimate of drug-likeness (QED) is 0.353. The predicted molar refractivity (Wildman–Crippen MR) is 102 cm³/mol. The molecule has 25 heavy (non-hydrogen) atoms. The molecule has 1 heterocycles. The lowest BCUT2D eigenvalue weighted by Gasteiger charge is -2.05. The van der Waals surface area contributed by atoms with E-state index in [1.54, 1.807) is 13.2 Å². The summed E-state index contributed by atoms with van der Waals surface area (Å²) in [6.45, 7) is 2.08. The fraction of sp³-hybridized carbons (Fsp3) is 0.143. The summed E-state index contributed by atoms with van der Waals surface area (Å²) < 4.78 is 5.20. The van der Waals surface area contributed by atoms with Gasteiger partial charge >= 0.3 is 0 Å². The largest absolute Gasteiger partial charge is 0.497 e. The number of benzene rings is 2. The molecule has 4 heteroatoms. The molecule has 0 radical (unpaired) electrons.